The second-order valence-corrected chi connectivity index (χ2v) is 8.82. The van der Waals surface area contributed by atoms with Crippen molar-refractivity contribution >= 4 is 40.8 Å². The fourth-order valence-electron chi connectivity index (χ4n) is 3.72. The van der Waals surface area contributed by atoms with Crippen LogP contribution in [-0.4, -0.2) is 22.2 Å². The van der Waals surface area contributed by atoms with E-state index in [0.29, 0.717) is 16.3 Å². The van der Waals surface area contributed by atoms with Gasteiger partial charge in [0, 0.05) is 34.1 Å². The van der Waals surface area contributed by atoms with Crippen LogP contribution in [0, 0.1) is 10.1 Å². The number of amides is 1. The third-order valence-electron chi connectivity index (χ3n) is 5.66. The van der Waals surface area contributed by atoms with Crippen molar-refractivity contribution in [3.63, 3.8) is 0 Å². The number of hydrogen-bond acceptors (Lipinski definition) is 5. The molecular weight excluding hydrogens is 535 g/mol. The molecule has 198 valence electrons. The summed E-state index contributed by atoms with van der Waals surface area (Å²) in [7, 11) is 0. The molecule has 4 rings (SSSR count). The third kappa shape index (κ3) is 6.79. The Kier molecular flexibility index (Phi) is 7.96. The lowest BCUT2D eigenvalue weighted by Crippen LogP contribution is -2.13. The molecule has 0 heterocycles. The maximum absolute atomic E-state index is 12.9. The van der Waals surface area contributed by atoms with Crippen LogP contribution in [0.2, 0.25) is 5.02 Å². The maximum atomic E-state index is 12.9. The number of nitrogens with zero attached hydrogens (tertiary/aromatic N) is 2. The van der Waals surface area contributed by atoms with Crippen LogP contribution in [0.25, 0.3) is 0 Å². The van der Waals surface area contributed by atoms with Crippen LogP contribution < -0.4 is 5.32 Å². The number of aromatic hydroxyl groups is 1. The number of halogens is 4. The van der Waals surface area contributed by atoms with Crippen LogP contribution in [0.15, 0.2) is 89.9 Å². The molecule has 4 aromatic carbocycles. The highest BCUT2D eigenvalue weighted by atomic mass is 35.5. The van der Waals surface area contributed by atoms with E-state index in [1.165, 1.54) is 48.7 Å². The van der Waals surface area contributed by atoms with Crippen LogP contribution in [0.1, 0.15) is 32.6 Å². The van der Waals surface area contributed by atoms with E-state index in [1.807, 2.05) is 0 Å². The molecule has 0 atom stereocenters. The van der Waals surface area contributed by atoms with Gasteiger partial charge in [0.15, 0.2) is 0 Å². The van der Waals surface area contributed by atoms with E-state index in [2.05, 4.69) is 10.3 Å². The van der Waals surface area contributed by atoms with Gasteiger partial charge >= 0.3 is 11.9 Å². The summed E-state index contributed by atoms with van der Waals surface area (Å²) in [5.74, 6) is -1.17. The molecule has 1 amide bonds. The molecule has 0 unspecified atom stereocenters. The molecule has 0 bridgehead atoms. The molecule has 0 saturated carbocycles. The second kappa shape index (κ2) is 11.4. The van der Waals surface area contributed by atoms with Gasteiger partial charge in [0.25, 0.3) is 5.91 Å². The number of carbonyl (C=O) groups excluding carboxylic acids is 1. The molecule has 39 heavy (non-hydrogen) atoms. The van der Waals surface area contributed by atoms with Gasteiger partial charge in [0.05, 0.1) is 16.2 Å². The Morgan fingerprint density at radius 3 is 2.41 bits per heavy atom. The zero-order chi connectivity index (χ0) is 28.2. The van der Waals surface area contributed by atoms with Crippen molar-refractivity contribution in [3.05, 3.63) is 128 Å². The molecule has 0 aliphatic rings. The van der Waals surface area contributed by atoms with Gasteiger partial charge < -0.3 is 10.4 Å². The number of phenolic OH excluding ortho intramolecular Hbond substituents is 1. The highest BCUT2D eigenvalue weighted by molar-refractivity contribution is 6.31. The number of rotatable bonds is 7. The number of anilines is 1. The fraction of sp³-hybridized carbons (Fsp3) is 0.0714. The first-order chi connectivity index (χ1) is 18.5. The number of nitrogens with one attached hydrogen (secondary N) is 1. The van der Waals surface area contributed by atoms with Crippen LogP contribution in [0.3, 0.4) is 0 Å². The van der Waals surface area contributed by atoms with Crippen LogP contribution in [0.4, 0.5) is 30.2 Å². The lowest BCUT2D eigenvalue weighted by atomic mass is 10.0. The highest BCUT2D eigenvalue weighted by Gasteiger charge is 2.30. The van der Waals surface area contributed by atoms with Crippen molar-refractivity contribution < 1.29 is 28.0 Å². The number of aliphatic imine (C=N–C) groups is 1. The Hall–Kier alpha value is -4.70. The number of nitro benzene ring substituents is 1. The predicted octanol–water partition coefficient (Wildman–Crippen LogP) is 7.57. The molecule has 0 fully saturated rings. The minimum absolute atomic E-state index is 0.00864. The first-order valence-electron chi connectivity index (χ1n) is 11.4. The Balaban J connectivity index is 1.53. The van der Waals surface area contributed by atoms with Gasteiger partial charge in [-0.3, -0.25) is 19.9 Å². The summed E-state index contributed by atoms with van der Waals surface area (Å²) in [4.78, 5) is 27.5. The summed E-state index contributed by atoms with van der Waals surface area (Å²) in [6.07, 6.45) is -2.99. The summed E-state index contributed by atoms with van der Waals surface area (Å²) < 4.78 is 38.7. The molecular formula is C28H19ClF3N3O4. The van der Waals surface area contributed by atoms with Crippen molar-refractivity contribution in [2.75, 3.05) is 5.32 Å². The molecule has 4 aromatic rings. The Morgan fingerprint density at radius 2 is 1.74 bits per heavy atom. The minimum Gasteiger partial charge on any atom is -0.502 e. The van der Waals surface area contributed by atoms with Crippen LogP contribution >= 0.6 is 11.6 Å². The Bertz CT molecular complexity index is 1570. The summed E-state index contributed by atoms with van der Waals surface area (Å²) in [6, 6.07) is 20.0. The summed E-state index contributed by atoms with van der Waals surface area (Å²) in [5, 5.41) is 24.8. The highest BCUT2D eigenvalue weighted by Crippen LogP contribution is 2.33. The van der Waals surface area contributed by atoms with E-state index in [0.717, 1.165) is 17.7 Å². The average Bonchev–Trinajstić information content (AvgIpc) is 2.90. The number of phenols is 1. The molecule has 0 spiro atoms. The quantitative estimate of drug-likeness (QED) is 0.140. The smallest absolute Gasteiger partial charge is 0.416 e. The van der Waals surface area contributed by atoms with Gasteiger partial charge in [-0.1, -0.05) is 35.9 Å². The van der Waals surface area contributed by atoms with Gasteiger partial charge in [-0.25, -0.2) is 0 Å². The van der Waals surface area contributed by atoms with E-state index in [4.69, 9.17) is 11.6 Å². The van der Waals surface area contributed by atoms with Crippen LogP contribution in [0.5, 0.6) is 5.75 Å². The molecule has 0 radical (unpaired) electrons. The maximum Gasteiger partial charge on any atom is 0.416 e. The average molecular weight is 554 g/mol. The number of carbonyl (C=O) groups is 1. The summed E-state index contributed by atoms with van der Waals surface area (Å²) >= 11 is 6.21. The fourth-order valence-corrected chi connectivity index (χ4v) is 3.92. The monoisotopic (exact) mass is 553 g/mol. The standard InChI is InChI=1S/C28H19ClF3N3O4/c29-24-7-2-1-4-19(24)12-17-13-20(26(36)25(14-17)35(38)39)16-33-22-10-8-18(9-11-22)27(37)34-23-6-3-5-21(15-23)28(30,31)32/h1-11,13-16,36H,12H2,(H,34,37). The first kappa shape index (κ1) is 27.3. The van der Waals surface area contributed by atoms with E-state index in [9.17, 15) is 33.2 Å². The van der Waals surface area contributed by atoms with Crippen molar-refractivity contribution in [2.45, 2.75) is 12.6 Å². The van der Waals surface area contributed by atoms with Gasteiger partial charge in [-0.15, -0.1) is 0 Å². The number of nitro groups is 1. The topological polar surface area (TPSA) is 105 Å². The second-order valence-electron chi connectivity index (χ2n) is 8.42. The zero-order valence-electron chi connectivity index (χ0n) is 19.9. The lowest BCUT2D eigenvalue weighted by molar-refractivity contribution is -0.385. The van der Waals surface area contributed by atoms with Crippen molar-refractivity contribution in [3.8, 4) is 5.75 Å². The summed E-state index contributed by atoms with van der Waals surface area (Å²) in [6.45, 7) is 0. The van der Waals surface area contributed by atoms with E-state index in [1.54, 1.807) is 30.3 Å². The van der Waals surface area contributed by atoms with E-state index >= 15 is 0 Å². The lowest BCUT2D eigenvalue weighted by Gasteiger charge is -2.10. The van der Waals surface area contributed by atoms with Gasteiger partial charge in [0.1, 0.15) is 0 Å². The minimum atomic E-state index is -4.54. The van der Waals surface area contributed by atoms with Gasteiger partial charge in [0.2, 0.25) is 5.75 Å². The molecule has 0 aromatic heterocycles. The van der Waals surface area contributed by atoms with Gasteiger partial charge in [-0.2, -0.15) is 13.2 Å². The molecule has 2 N–H and O–H groups in total. The normalized spacial score (nSPS) is 11.5. The van der Waals surface area contributed by atoms with Crippen LogP contribution in [-0.2, 0) is 12.6 Å². The number of alkyl halides is 3. The van der Waals surface area contributed by atoms with Crippen molar-refractivity contribution in [2.24, 2.45) is 4.99 Å². The SMILES string of the molecule is O=C(Nc1cccc(C(F)(F)F)c1)c1ccc(N=Cc2cc(Cc3ccccc3Cl)cc([N+](=O)[O-])c2O)cc1. The van der Waals surface area contributed by atoms with Crippen molar-refractivity contribution in [1.29, 1.82) is 0 Å². The van der Waals surface area contributed by atoms with E-state index in [-0.39, 0.29) is 23.2 Å². The Morgan fingerprint density at radius 1 is 1.03 bits per heavy atom. The first-order valence-corrected chi connectivity index (χ1v) is 11.8. The van der Waals surface area contributed by atoms with Crippen molar-refractivity contribution in [1.82, 2.24) is 0 Å². The third-order valence-corrected chi connectivity index (χ3v) is 6.03. The molecule has 0 aliphatic heterocycles. The Labute approximate surface area is 225 Å². The molecule has 11 heteroatoms. The van der Waals surface area contributed by atoms with Gasteiger partial charge in [-0.05, 0) is 72.1 Å². The molecule has 7 nitrogen and oxygen atoms in total. The zero-order valence-corrected chi connectivity index (χ0v) is 20.7. The largest absolute Gasteiger partial charge is 0.502 e. The summed E-state index contributed by atoms with van der Waals surface area (Å²) in [5.41, 5.74) is 0.558. The van der Waals surface area contributed by atoms with E-state index < -0.39 is 34.0 Å². The molecule has 0 saturated heterocycles. The molecule has 0 aliphatic carbocycles. The number of benzene rings is 4. The predicted molar refractivity (Wildman–Crippen MR) is 142 cm³/mol. The number of hydrogen-bond donors (Lipinski definition) is 2.